The molecule has 2 amide bonds. The highest BCUT2D eigenvalue weighted by Crippen LogP contribution is 2.20. The number of nitrogens with zero attached hydrogens (tertiary/aromatic N) is 2. The van der Waals surface area contributed by atoms with E-state index in [1.165, 1.54) is 0 Å². The minimum Gasteiger partial charge on any atom is -0.335 e. The maximum Gasteiger partial charge on any atom is 0.331 e. The molecule has 18 heavy (non-hydrogen) atoms. The summed E-state index contributed by atoms with van der Waals surface area (Å²) < 4.78 is 24.7. The van der Waals surface area contributed by atoms with Crippen molar-refractivity contribution < 1.29 is 18.1 Å². The van der Waals surface area contributed by atoms with Crippen molar-refractivity contribution in [3.05, 3.63) is 34.4 Å². The van der Waals surface area contributed by atoms with Crippen molar-refractivity contribution in [1.82, 2.24) is 9.62 Å². The lowest BCUT2D eigenvalue weighted by Crippen LogP contribution is -2.34. The molecular weight excluding hydrogens is 262 g/mol. The third-order valence-electron chi connectivity index (χ3n) is 2.45. The number of hydrogen-bond acceptors (Lipinski definition) is 5. The van der Waals surface area contributed by atoms with Gasteiger partial charge in [0.2, 0.25) is 0 Å². The van der Waals surface area contributed by atoms with Crippen LogP contribution >= 0.6 is 0 Å². The lowest BCUT2D eigenvalue weighted by molar-refractivity contribution is -0.384. The predicted octanol–water partition coefficient (Wildman–Crippen LogP) is 0.309. The fourth-order valence-corrected chi connectivity index (χ4v) is 2.90. The number of rotatable bonds is 3. The fraction of sp³-hybridized carbons (Fsp3) is 0.222. The van der Waals surface area contributed by atoms with Crippen molar-refractivity contribution in [2.75, 3.05) is 13.1 Å². The summed E-state index contributed by atoms with van der Waals surface area (Å²) >= 11 is 0. The molecule has 1 N–H and O–H groups in total. The molecule has 96 valence electrons. The van der Waals surface area contributed by atoms with Gasteiger partial charge in [0.05, 0.1) is 16.4 Å². The van der Waals surface area contributed by atoms with Crippen molar-refractivity contribution in [3.63, 3.8) is 0 Å². The monoisotopic (exact) mass is 271 g/mol. The van der Waals surface area contributed by atoms with Gasteiger partial charge >= 0.3 is 6.03 Å². The van der Waals surface area contributed by atoms with Crippen LogP contribution in [0.15, 0.2) is 29.2 Å². The second kappa shape index (κ2) is 4.26. The third-order valence-corrected chi connectivity index (χ3v) is 4.25. The Morgan fingerprint density at radius 3 is 2.33 bits per heavy atom. The van der Waals surface area contributed by atoms with Crippen molar-refractivity contribution in [3.8, 4) is 0 Å². The Morgan fingerprint density at radius 1 is 1.28 bits per heavy atom. The zero-order chi connectivity index (χ0) is 13.3. The summed E-state index contributed by atoms with van der Waals surface area (Å²) in [5.74, 6) is 0. The average molecular weight is 271 g/mol. The van der Waals surface area contributed by atoms with E-state index in [0.717, 1.165) is 24.3 Å². The van der Waals surface area contributed by atoms with E-state index < -0.39 is 21.0 Å². The molecule has 1 heterocycles. The number of nitrogens with one attached hydrogen (secondary N) is 1. The van der Waals surface area contributed by atoms with E-state index in [0.29, 0.717) is 4.31 Å². The molecule has 1 aliphatic rings. The molecule has 1 aromatic carbocycles. The number of carbonyl (C=O) groups excluding carboxylic acids is 1. The van der Waals surface area contributed by atoms with Crippen LogP contribution in [0.5, 0.6) is 0 Å². The number of nitro groups is 1. The first-order valence-electron chi connectivity index (χ1n) is 4.98. The van der Waals surface area contributed by atoms with Crippen molar-refractivity contribution in [2.24, 2.45) is 0 Å². The number of carbonyl (C=O) groups is 1. The molecule has 0 radical (unpaired) electrons. The van der Waals surface area contributed by atoms with Crippen LogP contribution in [0.4, 0.5) is 10.5 Å². The largest absolute Gasteiger partial charge is 0.335 e. The van der Waals surface area contributed by atoms with Crippen LogP contribution in [0.1, 0.15) is 0 Å². The molecule has 1 saturated heterocycles. The van der Waals surface area contributed by atoms with Gasteiger partial charge in [0.1, 0.15) is 0 Å². The molecular formula is C9H9N3O5S. The molecule has 0 aromatic heterocycles. The Labute approximate surface area is 102 Å². The summed E-state index contributed by atoms with van der Waals surface area (Å²) in [6, 6.07) is 3.70. The van der Waals surface area contributed by atoms with Crippen LogP contribution in [0.3, 0.4) is 0 Å². The number of benzene rings is 1. The number of non-ortho nitro benzene ring substituents is 1. The SMILES string of the molecule is O=C1NCCN1S(=O)(=O)c1ccc([N+](=O)[O-])cc1. The summed E-state index contributed by atoms with van der Waals surface area (Å²) in [5.41, 5.74) is -0.208. The van der Waals surface area contributed by atoms with Gasteiger partial charge in [-0.3, -0.25) is 10.1 Å². The first-order chi connectivity index (χ1) is 8.43. The summed E-state index contributed by atoms with van der Waals surface area (Å²) in [5, 5.41) is 12.8. The van der Waals surface area contributed by atoms with Gasteiger partial charge in [0, 0.05) is 18.7 Å². The quantitative estimate of drug-likeness (QED) is 0.628. The maximum atomic E-state index is 12.0. The summed E-state index contributed by atoms with van der Waals surface area (Å²) in [6.07, 6.45) is 0. The number of hydrogen-bond donors (Lipinski definition) is 1. The Bertz CT molecular complexity index is 595. The maximum absolute atomic E-state index is 12.0. The van der Waals surface area contributed by atoms with E-state index in [1.54, 1.807) is 0 Å². The molecule has 8 nitrogen and oxygen atoms in total. The van der Waals surface area contributed by atoms with Gasteiger partial charge in [-0.05, 0) is 12.1 Å². The van der Waals surface area contributed by atoms with Crippen LogP contribution in [-0.2, 0) is 10.0 Å². The normalized spacial score (nSPS) is 15.6. The Hall–Kier alpha value is -2.16. The number of nitro benzene ring substituents is 1. The number of sulfonamides is 1. The highest BCUT2D eigenvalue weighted by Gasteiger charge is 2.32. The van der Waals surface area contributed by atoms with Crippen LogP contribution in [0.25, 0.3) is 0 Å². The lowest BCUT2D eigenvalue weighted by atomic mass is 10.3. The molecule has 0 atom stereocenters. The third kappa shape index (κ3) is 1.99. The van der Waals surface area contributed by atoms with Crippen LogP contribution < -0.4 is 5.32 Å². The van der Waals surface area contributed by atoms with Crippen molar-refractivity contribution in [1.29, 1.82) is 0 Å². The highest BCUT2D eigenvalue weighted by atomic mass is 32.2. The first-order valence-corrected chi connectivity index (χ1v) is 6.42. The van der Waals surface area contributed by atoms with Gasteiger partial charge in [-0.2, -0.15) is 0 Å². The van der Waals surface area contributed by atoms with Crippen LogP contribution in [-0.4, -0.2) is 36.8 Å². The standard InChI is InChI=1S/C9H9N3O5S/c13-9-10-5-6-11(9)18(16,17)8-3-1-7(2-4-8)12(14)15/h1-4H,5-6H2,(H,10,13). The molecule has 0 spiro atoms. The summed E-state index contributed by atoms with van der Waals surface area (Å²) in [6.45, 7) is 0.309. The molecule has 1 aromatic rings. The van der Waals surface area contributed by atoms with Gasteiger partial charge in [-0.15, -0.1) is 0 Å². The minimum atomic E-state index is -3.93. The second-order valence-corrected chi connectivity index (χ2v) is 5.42. The zero-order valence-corrected chi connectivity index (χ0v) is 9.88. The smallest absolute Gasteiger partial charge is 0.331 e. The summed E-state index contributed by atoms with van der Waals surface area (Å²) in [7, 11) is -3.93. The Kier molecular flexibility index (Phi) is 2.91. The van der Waals surface area contributed by atoms with Gasteiger partial charge in [0.25, 0.3) is 15.7 Å². The van der Waals surface area contributed by atoms with E-state index in [1.807, 2.05) is 0 Å². The summed E-state index contributed by atoms with van der Waals surface area (Å²) in [4.78, 5) is 21.0. The molecule has 0 unspecified atom stereocenters. The molecule has 9 heteroatoms. The Balaban J connectivity index is 2.35. The van der Waals surface area contributed by atoms with E-state index in [9.17, 15) is 23.3 Å². The van der Waals surface area contributed by atoms with Crippen molar-refractivity contribution >= 4 is 21.7 Å². The molecule has 1 aliphatic heterocycles. The second-order valence-electron chi connectivity index (χ2n) is 3.56. The lowest BCUT2D eigenvalue weighted by Gasteiger charge is -2.14. The van der Waals surface area contributed by atoms with Gasteiger partial charge in [-0.25, -0.2) is 17.5 Å². The van der Waals surface area contributed by atoms with E-state index >= 15 is 0 Å². The average Bonchev–Trinajstić information content (AvgIpc) is 2.76. The van der Waals surface area contributed by atoms with Crippen molar-refractivity contribution in [2.45, 2.75) is 4.90 Å². The van der Waals surface area contributed by atoms with Crippen LogP contribution in [0, 0.1) is 10.1 Å². The highest BCUT2D eigenvalue weighted by molar-refractivity contribution is 7.89. The zero-order valence-electron chi connectivity index (χ0n) is 9.07. The molecule has 1 fully saturated rings. The van der Waals surface area contributed by atoms with E-state index in [-0.39, 0.29) is 23.7 Å². The Morgan fingerprint density at radius 2 is 1.89 bits per heavy atom. The van der Waals surface area contributed by atoms with Gasteiger partial charge < -0.3 is 5.32 Å². The van der Waals surface area contributed by atoms with E-state index in [2.05, 4.69) is 5.32 Å². The molecule has 0 aliphatic carbocycles. The van der Waals surface area contributed by atoms with Crippen LogP contribution in [0.2, 0.25) is 0 Å². The van der Waals surface area contributed by atoms with Gasteiger partial charge in [-0.1, -0.05) is 0 Å². The van der Waals surface area contributed by atoms with E-state index in [4.69, 9.17) is 0 Å². The molecule has 0 bridgehead atoms. The predicted molar refractivity (Wildman–Crippen MR) is 60.4 cm³/mol. The first kappa shape index (κ1) is 12.3. The minimum absolute atomic E-state index is 0.0537. The number of amides is 2. The fourth-order valence-electron chi connectivity index (χ4n) is 1.55. The van der Waals surface area contributed by atoms with Gasteiger partial charge in [0.15, 0.2) is 0 Å². The molecule has 0 saturated carbocycles. The molecule has 2 rings (SSSR count). The topological polar surface area (TPSA) is 110 Å². The number of urea groups is 1.